The molecule has 0 spiro atoms. The van der Waals surface area contributed by atoms with E-state index in [0.717, 1.165) is 31.5 Å². The molecule has 1 saturated heterocycles. The fraction of sp³-hybridized carbons (Fsp3) is 0.562. The minimum absolute atomic E-state index is 0.0990. The van der Waals surface area contributed by atoms with Crippen molar-refractivity contribution in [2.24, 2.45) is 5.73 Å². The van der Waals surface area contributed by atoms with E-state index in [9.17, 15) is 4.79 Å². The molecule has 4 heteroatoms. The van der Waals surface area contributed by atoms with E-state index in [0.29, 0.717) is 19.1 Å². The number of ether oxygens (including phenoxy) is 1. The number of carbonyl (C=O) groups is 1. The van der Waals surface area contributed by atoms with Crippen molar-refractivity contribution in [3.05, 3.63) is 29.8 Å². The van der Waals surface area contributed by atoms with Crippen LogP contribution in [0.3, 0.4) is 0 Å². The molecule has 0 aromatic heterocycles. The third-order valence-corrected chi connectivity index (χ3v) is 4.50. The summed E-state index contributed by atoms with van der Waals surface area (Å²) in [6.07, 6.45) is 2.69. The van der Waals surface area contributed by atoms with Gasteiger partial charge in [0.15, 0.2) is 0 Å². The molecule has 2 aliphatic rings. The van der Waals surface area contributed by atoms with Crippen molar-refractivity contribution in [2.45, 2.75) is 37.7 Å². The van der Waals surface area contributed by atoms with Crippen LogP contribution >= 0.6 is 0 Å². The van der Waals surface area contributed by atoms with Crippen LogP contribution in [0.2, 0.25) is 0 Å². The number of amides is 1. The number of nitrogens with two attached hydrogens (primary N) is 1. The lowest BCUT2D eigenvalue weighted by atomic mass is 9.98. The minimum Gasteiger partial charge on any atom is -0.365 e. The monoisotopic (exact) mass is 274 g/mol. The molecule has 1 fully saturated rings. The van der Waals surface area contributed by atoms with Crippen LogP contribution in [0.15, 0.2) is 24.3 Å². The molecule has 1 aromatic rings. The average Bonchev–Trinajstić information content (AvgIpc) is 3.05. The number of para-hydroxylation sites is 1. The summed E-state index contributed by atoms with van der Waals surface area (Å²) in [4.78, 5) is 14.8. The van der Waals surface area contributed by atoms with E-state index in [2.05, 4.69) is 6.07 Å². The Balaban J connectivity index is 1.90. The van der Waals surface area contributed by atoms with Crippen LogP contribution in [0.1, 0.15) is 37.7 Å². The van der Waals surface area contributed by atoms with Gasteiger partial charge in [-0.25, -0.2) is 0 Å². The average molecular weight is 274 g/mol. The van der Waals surface area contributed by atoms with Crippen molar-refractivity contribution in [1.82, 2.24) is 0 Å². The lowest BCUT2D eigenvalue weighted by molar-refractivity contribution is -0.136. The summed E-state index contributed by atoms with van der Waals surface area (Å²) in [7, 11) is 0. The number of rotatable bonds is 3. The van der Waals surface area contributed by atoms with Crippen molar-refractivity contribution in [1.29, 1.82) is 0 Å². The molecular weight excluding hydrogens is 252 g/mol. The second-order valence-electron chi connectivity index (χ2n) is 5.93. The SMILES string of the molecule is CC1(C(=O)N2CC(CCN)c3ccccc32)CCCO1. The van der Waals surface area contributed by atoms with Gasteiger partial charge in [-0.1, -0.05) is 18.2 Å². The molecule has 0 saturated carbocycles. The van der Waals surface area contributed by atoms with Crippen molar-refractivity contribution in [2.75, 3.05) is 24.6 Å². The Morgan fingerprint density at radius 3 is 3.00 bits per heavy atom. The van der Waals surface area contributed by atoms with Crippen molar-refractivity contribution in [3.63, 3.8) is 0 Å². The molecule has 4 nitrogen and oxygen atoms in total. The predicted octanol–water partition coefficient (Wildman–Crippen LogP) is 2.03. The number of hydrogen-bond donors (Lipinski definition) is 1. The first kappa shape index (κ1) is 13.6. The molecule has 0 aliphatic carbocycles. The summed E-state index contributed by atoms with van der Waals surface area (Å²) in [6, 6.07) is 8.16. The molecule has 2 atom stereocenters. The van der Waals surface area contributed by atoms with Crippen LogP contribution in [0.5, 0.6) is 0 Å². The van der Waals surface area contributed by atoms with E-state index >= 15 is 0 Å². The first-order chi connectivity index (χ1) is 9.65. The highest BCUT2D eigenvalue weighted by Crippen LogP contribution is 2.40. The fourth-order valence-corrected chi connectivity index (χ4v) is 3.37. The van der Waals surface area contributed by atoms with E-state index in [1.165, 1.54) is 5.56 Å². The summed E-state index contributed by atoms with van der Waals surface area (Å²) in [5.41, 5.74) is 7.34. The third kappa shape index (κ3) is 2.13. The Hall–Kier alpha value is -1.39. The maximum Gasteiger partial charge on any atom is 0.258 e. The van der Waals surface area contributed by atoms with Gasteiger partial charge in [0.25, 0.3) is 5.91 Å². The maximum atomic E-state index is 12.9. The van der Waals surface area contributed by atoms with E-state index in [1.807, 2.05) is 30.0 Å². The molecule has 20 heavy (non-hydrogen) atoms. The van der Waals surface area contributed by atoms with Crippen LogP contribution in [-0.2, 0) is 9.53 Å². The van der Waals surface area contributed by atoms with Gasteiger partial charge < -0.3 is 15.4 Å². The van der Waals surface area contributed by atoms with Gasteiger partial charge in [-0.05, 0) is 44.4 Å². The summed E-state index contributed by atoms with van der Waals surface area (Å²) in [6.45, 7) is 3.98. The number of benzene rings is 1. The van der Waals surface area contributed by atoms with E-state index in [4.69, 9.17) is 10.5 Å². The standard InChI is InChI=1S/C16H22N2O2/c1-16(8-4-10-20-16)15(19)18-11-12(7-9-17)13-5-2-3-6-14(13)18/h2-3,5-6,12H,4,7-11,17H2,1H3. The molecule has 0 bridgehead atoms. The molecule has 2 heterocycles. The van der Waals surface area contributed by atoms with Gasteiger partial charge in [0.2, 0.25) is 0 Å². The maximum absolute atomic E-state index is 12.9. The lowest BCUT2D eigenvalue weighted by Gasteiger charge is -2.28. The highest BCUT2D eigenvalue weighted by Gasteiger charge is 2.44. The third-order valence-electron chi connectivity index (χ3n) is 4.50. The van der Waals surface area contributed by atoms with Gasteiger partial charge in [0, 0.05) is 24.8 Å². The van der Waals surface area contributed by atoms with Crippen LogP contribution in [0.4, 0.5) is 5.69 Å². The molecular formula is C16H22N2O2. The van der Waals surface area contributed by atoms with Gasteiger partial charge in [0.05, 0.1) is 0 Å². The number of nitrogens with zero attached hydrogens (tertiary/aromatic N) is 1. The van der Waals surface area contributed by atoms with Crippen molar-refractivity contribution < 1.29 is 9.53 Å². The molecule has 108 valence electrons. The zero-order valence-corrected chi connectivity index (χ0v) is 12.0. The Kier molecular flexibility index (Phi) is 3.52. The summed E-state index contributed by atoms with van der Waals surface area (Å²) >= 11 is 0. The number of hydrogen-bond acceptors (Lipinski definition) is 3. The lowest BCUT2D eigenvalue weighted by Crippen LogP contribution is -2.46. The Morgan fingerprint density at radius 1 is 1.50 bits per heavy atom. The Bertz CT molecular complexity index is 509. The molecule has 2 aliphatic heterocycles. The fourth-order valence-electron chi connectivity index (χ4n) is 3.37. The van der Waals surface area contributed by atoms with Gasteiger partial charge in [-0.2, -0.15) is 0 Å². The molecule has 1 amide bonds. The largest absolute Gasteiger partial charge is 0.365 e. The minimum atomic E-state index is -0.648. The summed E-state index contributed by atoms with van der Waals surface area (Å²) < 4.78 is 5.71. The molecule has 2 N–H and O–H groups in total. The van der Waals surface area contributed by atoms with Crippen LogP contribution in [0.25, 0.3) is 0 Å². The second-order valence-corrected chi connectivity index (χ2v) is 5.93. The number of fused-ring (bicyclic) bond motifs is 1. The number of carbonyl (C=O) groups excluding carboxylic acids is 1. The van der Waals surface area contributed by atoms with E-state index in [1.54, 1.807) is 0 Å². The topological polar surface area (TPSA) is 55.6 Å². The summed E-state index contributed by atoms with van der Waals surface area (Å²) in [5, 5.41) is 0. The van der Waals surface area contributed by atoms with Crippen molar-refractivity contribution >= 4 is 11.6 Å². The second kappa shape index (κ2) is 5.19. The zero-order chi connectivity index (χ0) is 14.2. The van der Waals surface area contributed by atoms with Gasteiger partial charge in [0.1, 0.15) is 5.60 Å². The first-order valence-corrected chi connectivity index (χ1v) is 7.40. The highest BCUT2D eigenvalue weighted by molar-refractivity contribution is 6.01. The normalized spacial score (nSPS) is 28.7. The number of anilines is 1. The quantitative estimate of drug-likeness (QED) is 0.917. The van der Waals surface area contributed by atoms with Crippen LogP contribution in [0, 0.1) is 0 Å². The van der Waals surface area contributed by atoms with Gasteiger partial charge >= 0.3 is 0 Å². The molecule has 0 radical (unpaired) electrons. The molecule has 2 unspecified atom stereocenters. The zero-order valence-electron chi connectivity index (χ0n) is 12.0. The molecule has 1 aromatic carbocycles. The Morgan fingerprint density at radius 2 is 2.30 bits per heavy atom. The van der Waals surface area contributed by atoms with E-state index < -0.39 is 5.60 Å². The Labute approximate surface area is 119 Å². The van der Waals surface area contributed by atoms with Crippen molar-refractivity contribution in [3.8, 4) is 0 Å². The molecule has 3 rings (SSSR count). The first-order valence-electron chi connectivity index (χ1n) is 7.40. The highest BCUT2D eigenvalue weighted by atomic mass is 16.5. The van der Waals surface area contributed by atoms with Crippen LogP contribution < -0.4 is 10.6 Å². The van der Waals surface area contributed by atoms with Crippen LogP contribution in [-0.4, -0.2) is 31.2 Å². The van der Waals surface area contributed by atoms with Gasteiger partial charge in [-0.3, -0.25) is 4.79 Å². The predicted molar refractivity (Wildman–Crippen MR) is 78.8 cm³/mol. The van der Waals surface area contributed by atoms with Gasteiger partial charge in [-0.15, -0.1) is 0 Å². The summed E-state index contributed by atoms with van der Waals surface area (Å²) in [5.74, 6) is 0.451. The smallest absolute Gasteiger partial charge is 0.258 e. The van der Waals surface area contributed by atoms with E-state index in [-0.39, 0.29) is 5.91 Å².